The van der Waals surface area contributed by atoms with Crippen LogP contribution in [-0.4, -0.2) is 53.7 Å². The van der Waals surface area contributed by atoms with Gasteiger partial charge in [0.25, 0.3) is 0 Å². The lowest BCUT2D eigenvalue weighted by atomic mass is 9.99. The molecule has 1 saturated heterocycles. The Labute approximate surface area is 136 Å². The van der Waals surface area contributed by atoms with E-state index < -0.39 is 0 Å². The molecule has 0 bridgehead atoms. The second-order valence-corrected chi connectivity index (χ2v) is 5.26. The molecule has 10 heteroatoms. The Bertz CT molecular complexity index is 830. The Morgan fingerprint density at radius 2 is 1.96 bits per heavy atom. The molecule has 4 heterocycles. The molecule has 3 aromatic rings. The summed E-state index contributed by atoms with van der Waals surface area (Å²) >= 11 is 0. The van der Waals surface area contributed by atoms with Crippen LogP contribution in [0.3, 0.4) is 0 Å². The summed E-state index contributed by atoms with van der Waals surface area (Å²) in [5, 5.41) is 6.80. The number of carbonyl (C=O) groups excluding carboxylic acids is 1. The summed E-state index contributed by atoms with van der Waals surface area (Å²) < 4.78 is 1.56. The van der Waals surface area contributed by atoms with Crippen LogP contribution in [0.1, 0.15) is 0 Å². The van der Waals surface area contributed by atoms with Crippen LogP contribution < -0.4 is 10.2 Å². The largest absolute Gasteiger partial charge is 0.355 e. The quantitative estimate of drug-likeness (QED) is 0.709. The van der Waals surface area contributed by atoms with E-state index in [2.05, 4.69) is 35.3 Å². The van der Waals surface area contributed by atoms with Crippen molar-refractivity contribution in [2.45, 2.75) is 0 Å². The van der Waals surface area contributed by atoms with E-state index in [-0.39, 0.29) is 11.8 Å². The molecule has 0 aromatic carbocycles. The lowest BCUT2D eigenvalue weighted by Crippen LogP contribution is -2.52. The van der Waals surface area contributed by atoms with E-state index in [1.165, 1.54) is 25.0 Å². The van der Waals surface area contributed by atoms with Crippen molar-refractivity contribution in [1.82, 2.24) is 34.7 Å². The number of aromatic nitrogens is 7. The van der Waals surface area contributed by atoms with Crippen LogP contribution in [-0.2, 0) is 4.79 Å². The van der Waals surface area contributed by atoms with Gasteiger partial charge in [-0.15, -0.1) is 0 Å². The van der Waals surface area contributed by atoms with E-state index in [0.717, 1.165) is 5.82 Å². The highest BCUT2D eigenvalue weighted by atomic mass is 16.2. The van der Waals surface area contributed by atoms with E-state index in [1.807, 2.05) is 11.0 Å². The lowest BCUT2D eigenvalue weighted by Gasteiger charge is -2.38. The van der Waals surface area contributed by atoms with Gasteiger partial charge in [0, 0.05) is 31.5 Å². The zero-order chi connectivity index (χ0) is 16.4. The van der Waals surface area contributed by atoms with Crippen molar-refractivity contribution in [2.24, 2.45) is 5.92 Å². The Morgan fingerprint density at radius 3 is 2.71 bits per heavy atom. The number of hydrogen-bond acceptors (Lipinski definition) is 8. The molecule has 1 aliphatic rings. The topological polar surface area (TPSA) is 115 Å². The highest BCUT2D eigenvalue weighted by molar-refractivity contribution is 5.93. The summed E-state index contributed by atoms with van der Waals surface area (Å²) in [6.07, 6.45) is 9.10. The number of amides is 1. The van der Waals surface area contributed by atoms with Crippen LogP contribution >= 0.6 is 0 Å². The molecule has 1 N–H and O–H groups in total. The highest BCUT2D eigenvalue weighted by Crippen LogP contribution is 2.24. The molecule has 3 aromatic heterocycles. The molecule has 10 nitrogen and oxygen atoms in total. The second-order valence-electron chi connectivity index (χ2n) is 5.26. The van der Waals surface area contributed by atoms with E-state index in [0.29, 0.717) is 24.7 Å². The molecule has 0 aliphatic carbocycles. The SMILES string of the molecule is O=C(Nc1cnccn1)C1CN(c2cc(-n3cncn3)ncn2)C1. The maximum absolute atomic E-state index is 12.2. The van der Waals surface area contributed by atoms with Gasteiger partial charge in [-0.3, -0.25) is 9.78 Å². The van der Waals surface area contributed by atoms with E-state index in [4.69, 9.17) is 0 Å². The van der Waals surface area contributed by atoms with Crippen molar-refractivity contribution in [3.05, 3.63) is 43.6 Å². The maximum atomic E-state index is 12.2. The molecule has 1 aliphatic heterocycles. The molecular weight excluding hydrogens is 310 g/mol. The predicted octanol–water partition coefficient (Wildman–Crippen LogP) is -0.0778. The monoisotopic (exact) mass is 323 g/mol. The number of nitrogens with zero attached hydrogens (tertiary/aromatic N) is 8. The number of carbonyl (C=O) groups is 1. The summed E-state index contributed by atoms with van der Waals surface area (Å²) in [7, 11) is 0. The van der Waals surface area contributed by atoms with E-state index >= 15 is 0 Å². The minimum atomic E-state index is -0.114. The molecule has 4 rings (SSSR count). The minimum absolute atomic E-state index is 0.0719. The van der Waals surface area contributed by atoms with Gasteiger partial charge in [-0.2, -0.15) is 5.10 Å². The third-order valence-corrected chi connectivity index (χ3v) is 3.68. The van der Waals surface area contributed by atoms with Crippen molar-refractivity contribution in [3.63, 3.8) is 0 Å². The molecular formula is C14H13N9O. The fourth-order valence-corrected chi connectivity index (χ4v) is 2.39. The highest BCUT2D eigenvalue weighted by Gasteiger charge is 2.33. The normalized spacial score (nSPS) is 14.2. The molecule has 1 amide bonds. The van der Waals surface area contributed by atoms with E-state index in [1.54, 1.807) is 17.2 Å². The third-order valence-electron chi connectivity index (χ3n) is 3.68. The summed E-state index contributed by atoms with van der Waals surface area (Å²) in [5.74, 6) is 1.65. The van der Waals surface area contributed by atoms with Gasteiger partial charge in [0.15, 0.2) is 11.6 Å². The van der Waals surface area contributed by atoms with Crippen molar-refractivity contribution in [1.29, 1.82) is 0 Å². The van der Waals surface area contributed by atoms with Crippen LogP contribution in [0, 0.1) is 5.92 Å². The second kappa shape index (κ2) is 5.99. The first-order valence-corrected chi connectivity index (χ1v) is 7.28. The molecule has 0 unspecified atom stereocenters. The standard InChI is InChI=1S/C14H13N9O/c24-14(21-11-4-15-1-2-17-11)10-5-22(6-10)12-3-13(19-8-18-12)23-9-16-7-20-23/h1-4,7-10H,5-6H2,(H,17,21,24). The minimum Gasteiger partial charge on any atom is -0.355 e. The van der Waals surface area contributed by atoms with Gasteiger partial charge in [0.1, 0.15) is 24.8 Å². The van der Waals surface area contributed by atoms with Crippen LogP contribution in [0.2, 0.25) is 0 Å². The zero-order valence-electron chi connectivity index (χ0n) is 12.5. The van der Waals surface area contributed by atoms with Crippen LogP contribution in [0.25, 0.3) is 5.82 Å². The molecule has 0 atom stereocenters. The lowest BCUT2D eigenvalue weighted by molar-refractivity contribution is -0.120. The molecule has 0 saturated carbocycles. The fraction of sp³-hybridized carbons (Fsp3) is 0.214. The number of hydrogen-bond donors (Lipinski definition) is 1. The Kier molecular flexibility index (Phi) is 3.54. The summed E-state index contributed by atoms with van der Waals surface area (Å²) in [5.41, 5.74) is 0. The molecule has 0 spiro atoms. The third kappa shape index (κ3) is 2.76. The number of nitrogens with one attached hydrogen (secondary N) is 1. The van der Waals surface area contributed by atoms with Crippen LogP contribution in [0.5, 0.6) is 0 Å². The smallest absolute Gasteiger partial charge is 0.232 e. The van der Waals surface area contributed by atoms with Crippen molar-refractivity contribution >= 4 is 17.5 Å². The Balaban J connectivity index is 1.39. The first-order valence-electron chi connectivity index (χ1n) is 7.28. The van der Waals surface area contributed by atoms with Gasteiger partial charge in [0.05, 0.1) is 12.1 Å². The maximum Gasteiger partial charge on any atom is 0.232 e. The fourth-order valence-electron chi connectivity index (χ4n) is 2.39. The average Bonchev–Trinajstić information content (AvgIpc) is 3.09. The molecule has 0 radical (unpaired) electrons. The van der Waals surface area contributed by atoms with Crippen molar-refractivity contribution in [2.75, 3.05) is 23.3 Å². The van der Waals surface area contributed by atoms with Crippen LogP contribution in [0.4, 0.5) is 11.6 Å². The van der Waals surface area contributed by atoms with E-state index in [9.17, 15) is 4.79 Å². The molecule has 120 valence electrons. The first-order chi connectivity index (χ1) is 11.8. The summed E-state index contributed by atoms with van der Waals surface area (Å²) in [4.78, 5) is 34.4. The van der Waals surface area contributed by atoms with Gasteiger partial charge in [-0.05, 0) is 0 Å². The van der Waals surface area contributed by atoms with Gasteiger partial charge in [0.2, 0.25) is 5.91 Å². The molecule has 1 fully saturated rings. The Morgan fingerprint density at radius 1 is 1.08 bits per heavy atom. The Hall–Kier alpha value is -3.43. The average molecular weight is 323 g/mol. The predicted molar refractivity (Wildman–Crippen MR) is 83.3 cm³/mol. The van der Waals surface area contributed by atoms with Gasteiger partial charge < -0.3 is 10.2 Å². The van der Waals surface area contributed by atoms with Gasteiger partial charge in [-0.1, -0.05) is 0 Å². The number of rotatable bonds is 4. The van der Waals surface area contributed by atoms with Crippen molar-refractivity contribution < 1.29 is 4.79 Å². The summed E-state index contributed by atoms with van der Waals surface area (Å²) in [6.45, 7) is 1.17. The van der Waals surface area contributed by atoms with Crippen molar-refractivity contribution in [3.8, 4) is 5.82 Å². The van der Waals surface area contributed by atoms with Gasteiger partial charge >= 0.3 is 0 Å². The summed E-state index contributed by atoms with van der Waals surface area (Å²) in [6, 6.07) is 1.81. The first kappa shape index (κ1) is 14.2. The zero-order valence-corrected chi connectivity index (χ0v) is 12.5. The van der Waals surface area contributed by atoms with Gasteiger partial charge in [-0.25, -0.2) is 24.6 Å². The molecule has 24 heavy (non-hydrogen) atoms. The number of anilines is 2. The van der Waals surface area contributed by atoms with Crippen LogP contribution in [0.15, 0.2) is 43.6 Å².